The highest BCUT2D eigenvalue weighted by Crippen LogP contribution is 2.22. The molecule has 0 unspecified atom stereocenters. The van der Waals surface area contributed by atoms with Gasteiger partial charge in [-0.15, -0.1) is 0 Å². The van der Waals surface area contributed by atoms with Crippen molar-refractivity contribution in [3.8, 4) is 0 Å². The Morgan fingerprint density at radius 1 is 1.47 bits per heavy atom. The van der Waals surface area contributed by atoms with Gasteiger partial charge in [0.2, 0.25) is 11.0 Å². The fourth-order valence-corrected chi connectivity index (χ4v) is 1.56. The summed E-state index contributed by atoms with van der Waals surface area (Å²) < 4.78 is 4.88. The van der Waals surface area contributed by atoms with Crippen LogP contribution in [0.3, 0.4) is 0 Å². The van der Waals surface area contributed by atoms with E-state index in [4.69, 9.17) is 16.1 Å². The minimum Gasteiger partial charge on any atom is -0.361 e. The van der Waals surface area contributed by atoms with Gasteiger partial charge in [-0.3, -0.25) is 4.79 Å². The molecule has 1 N–H and O–H groups in total. The largest absolute Gasteiger partial charge is 0.361 e. The predicted octanol–water partition coefficient (Wildman–Crippen LogP) is 1.74. The van der Waals surface area contributed by atoms with E-state index in [1.165, 1.54) is 6.20 Å². The van der Waals surface area contributed by atoms with E-state index in [1.807, 2.05) is 0 Å². The molecule has 0 radical (unpaired) electrons. The van der Waals surface area contributed by atoms with Crippen molar-refractivity contribution < 1.29 is 9.32 Å². The Morgan fingerprint density at radius 3 is 2.79 bits per heavy atom. The van der Waals surface area contributed by atoms with Crippen molar-refractivity contribution in [1.82, 2.24) is 15.1 Å². The minimum absolute atomic E-state index is 0.109. The van der Waals surface area contributed by atoms with E-state index >= 15 is 0 Å². The van der Waals surface area contributed by atoms with Crippen LogP contribution < -0.4 is 10.2 Å². The molecule has 2 rings (SSSR count). The molecule has 1 amide bonds. The second-order valence-electron chi connectivity index (χ2n) is 4.06. The topological polar surface area (TPSA) is 84.2 Å². The number of halogens is 1. The third-order valence-corrected chi connectivity index (χ3v) is 2.44. The zero-order valence-electron chi connectivity index (χ0n) is 10.6. The van der Waals surface area contributed by atoms with Gasteiger partial charge in [-0.1, -0.05) is 5.16 Å². The van der Waals surface area contributed by atoms with E-state index in [9.17, 15) is 4.79 Å². The molecule has 0 aliphatic rings. The summed E-state index contributed by atoms with van der Waals surface area (Å²) in [6.07, 6.45) is 1.44. The average molecular weight is 282 g/mol. The molecule has 100 valence electrons. The Kier molecular flexibility index (Phi) is 3.66. The molecule has 0 spiro atoms. The lowest BCUT2D eigenvalue weighted by atomic mass is 10.3. The average Bonchev–Trinajstić information content (AvgIpc) is 2.78. The van der Waals surface area contributed by atoms with Crippen LogP contribution in [-0.4, -0.2) is 35.1 Å². The molecule has 0 saturated carbocycles. The lowest BCUT2D eigenvalue weighted by molar-refractivity contribution is 0.0988. The number of carbonyl (C=O) groups excluding carboxylic acids is 1. The van der Waals surface area contributed by atoms with Crippen LogP contribution in [0.15, 0.2) is 16.8 Å². The molecule has 8 heteroatoms. The molecule has 0 bridgehead atoms. The van der Waals surface area contributed by atoms with Crippen LogP contribution in [-0.2, 0) is 0 Å². The Labute approximate surface area is 114 Å². The normalized spacial score (nSPS) is 10.3. The van der Waals surface area contributed by atoms with Crippen LogP contribution in [0.25, 0.3) is 0 Å². The third-order valence-electron chi connectivity index (χ3n) is 2.26. The summed E-state index contributed by atoms with van der Waals surface area (Å²) in [5, 5.41) is 6.41. The molecule has 0 aliphatic heterocycles. The fraction of sp³-hybridized carbons (Fsp3) is 0.273. The van der Waals surface area contributed by atoms with E-state index in [0.717, 1.165) is 0 Å². The molecular formula is C11H12ClN5O2. The SMILES string of the molecule is Cc1cc(C(=O)Nc2cnc(Cl)nc2N(C)C)on1. The van der Waals surface area contributed by atoms with Gasteiger partial charge in [0.05, 0.1) is 11.9 Å². The molecule has 19 heavy (non-hydrogen) atoms. The van der Waals surface area contributed by atoms with Gasteiger partial charge in [-0.05, 0) is 18.5 Å². The van der Waals surface area contributed by atoms with Crippen molar-refractivity contribution in [1.29, 1.82) is 0 Å². The molecule has 0 saturated heterocycles. The lowest BCUT2D eigenvalue weighted by Crippen LogP contribution is -2.18. The predicted molar refractivity (Wildman–Crippen MR) is 70.6 cm³/mol. The van der Waals surface area contributed by atoms with Crippen molar-refractivity contribution in [2.75, 3.05) is 24.3 Å². The number of amides is 1. The number of carbonyl (C=O) groups is 1. The monoisotopic (exact) mass is 281 g/mol. The second-order valence-corrected chi connectivity index (χ2v) is 4.40. The zero-order valence-corrected chi connectivity index (χ0v) is 11.4. The van der Waals surface area contributed by atoms with Crippen molar-refractivity contribution in [3.63, 3.8) is 0 Å². The maximum atomic E-state index is 11.9. The van der Waals surface area contributed by atoms with Crippen molar-refractivity contribution in [2.45, 2.75) is 6.92 Å². The first-order valence-electron chi connectivity index (χ1n) is 5.42. The van der Waals surface area contributed by atoms with E-state index in [0.29, 0.717) is 17.2 Å². The maximum absolute atomic E-state index is 11.9. The highest BCUT2D eigenvalue weighted by atomic mass is 35.5. The number of hydrogen-bond acceptors (Lipinski definition) is 6. The first kappa shape index (κ1) is 13.3. The summed E-state index contributed by atoms with van der Waals surface area (Å²) in [6, 6.07) is 1.54. The molecule has 2 aromatic rings. The van der Waals surface area contributed by atoms with Crippen molar-refractivity contribution in [3.05, 3.63) is 29.0 Å². The van der Waals surface area contributed by atoms with E-state index in [-0.39, 0.29) is 11.0 Å². The number of aryl methyl sites for hydroxylation is 1. The van der Waals surface area contributed by atoms with Gasteiger partial charge in [0, 0.05) is 20.2 Å². The molecule has 2 aromatic heterocycles. The first-order chi connectivity index (χ1) is 8.97. The highest BCUT2D eigenvalue weighted by Gasteiger charge is 2.16. The van der Waals surface area contributed by atoms with E-state index in [2.05, 4.69) is 20.4 Å². The fourth-order valence-electron chi connectivity index (χ4n) is 1.44. The van der Waals surface area contributed by atoms with Crippen LogP contribution in [0.2, 0.25) is 5.28 Å². The summed E-state index contributed by atoms with van der Waals surface area (Å²) in [6.45, 7) is 1.73. The smallest absolute Gasteiger partial charge is 0.294 e. The number of nitrogens with one attached hydrogen (secondary N) is 1. The molecule has 2 heterocycles. The Hall–Kier alpha value is -2.15. The van der Waals surface area contributed by atoms with Crippen LogP contribution >= 0.6 is 11.6 Å². The van der Waals surface area contributed by atoms with E-state index in [1.54, 1.807) is 32.0 Å². The number of aromatic nitrogens is 3. The summed E-state index contributed by atoms with van der Waals surface area (Å²) >= 11 is 5.73. The number of rotatable bonds is 3. The maximum Gasteiger partial charge on any atom is 0.294 e. The van der Waals surface area contributed by atoms with E-state index < -0.39 is 5.91 Å². The first-order valence-corrected chi connectivity index (χ1v) is 5.79. The van der Waals surface area contributed by atoms with Crippen molar-refractivity contribution in [2.24, 2.45) is 0 Å². The van der Waals surface area contributed by atoms with Crippen LogP contribution in [0, 0.1) is 6.92 Å². The van der Waals surface area contributed by atoms with Gasteiger partial charge in [-0.25, -0.2) is 4.98 Å². The molecule has 0 aromatic carbocycles. The summed E-state index contributed by atoms with van der Waals surface area (Å²) in [4.78, 5) is 21.5. The van der Waals surface area contributed by atoms with Gasteiger partial charge < -0.3 is 14.7 Å². The quantitative estimate of drug-likeness (QED) is 0.863. The third kappa shape index (κ3) is 3.00. The minimum atomic E-state index is -0.422. The van der Waals surface area contributed by atoms with Crippen molar-refractivity contribution >= 4 is 29.0 Å². The van der Waals surface area contributed by atoms with Crippen LogP contribution in [0.5, 0.6) is 0 Å². The van der Waals surface area contributed by atoms with Gasteiger partial charge >= 0.3 is 0 Å². The molecular weight excluding hydrogens is 270 g/mol. The number of nitrogens with zero attached hydrogens (tertiary/aromatic N) is 4. The Balaban J connectivity index is 2.26. The summed E-state index contributed by atoms with van der Waals surface area (Å²) in [5.41, 5.74) is 1.07. The Morgan fingerprint density at radius 2 is 2.21 bits per heavy atom. The number of hydrogen-bond donors (Lipinski definition) is 1. The van der Waals surface area contributed by atoms with Gasteiger partial charge in [-0.2, -0.15) is 4.98 Å². The highest BCUT2D eigenvalue weighted by molar-refractivity contribution is 6.28. The summed E-state index contributed by atoms with van der Waals surface area (Å²) in [5.74, 6) is 0.205. The lowest BCUT2D eigenvalue weighted by Gasteiger charge is -2.15. The Bertz CT molecular complexity index is 611. The standard InChI is InChI=1S/C11H12ClN5O2/c1-6-4-8(19-16-6)10(18)14-7-5-13-11(12)15-9(7)17(2)3/h4-5H,1-3H3,(H,14,18). The van der Waals surface area contributed by atoms with Crippen LogP contribution in [0.1, 0.15) is 16.2 Å². The second kappa shape index (κ2) is 5.23. The van der Waals surface area contributed by atoms with Gasteiger partial charge in [0.25, 0.3) is 5.91 Å². The zero-order chi connectivity index (χ0) is 14.0. The molecule has 0 fully saturated rings. The molecule has 7 nitrogen and oxygen atoms in total. The van der Waals surface area contributed by atoms with Gasteiger partial charge in [0.15, 0.2) is 5.82 Å². The molecule has 0 aliphatic carbocycles. The molecule has 0 atom stereocenters. The number of anilines is 2. The summed E-state index contributed by atoms with van der Waals surface area (Å²) in [7, 11) is 3.57. The van der Waals surface area contributed by atoms with Crippen LogP contribution in [0.4, 0.5) is 11.5 Å². The van der Waals surface area contributed by atoms with Gasteiger partial charge in [0.1, 0.15) is 5.69 Å².